The van der Waals surface area contributed by atoms with Gasteiger partial charge in [-0.25, -0.2) is 9.55 Å². The van der Waals surface area contributed by atoms with Gasteiger partial charge < -0.3 is 29.6 Å². The van der Waals surface area contributed by atoms with Crippen molar-refractivity contribution in [2.24, 2.45) is 5.41 Å². The number of nitriles is 1. The molecule has 1 aromatic carbocycles. The maximum atomic E-state index is 14.0. The Bertz CT molecular complexity index is 1540. The molecule has 3 aromatic rings. The lowest BCUT2D eigenvalue weighted by Gasteiger charge is -2.26. The number of aliphatic hydroxyl groups excluding tert-OH is 1. The van der Waals surface area contributed by atoms with Crippen molar-refractivity contribution >= 4 is 30.8 Å². The highest BCUT2D eigenvalue weighted by Gasteiger charge is 2.56. The standard InChI is InChI=1S/C27H34N7O8P/c1-16(24(36)40-17-9-7-8-10-17)33-43(37,42-18-11-5-4-6-12-18)39-13-19-21(35)27(2,14-28)25(41-19)34-15-30-20-22(34)31-26(29)32-23(20)38-3/h4-6,11-12,15-17,19,21,25,35H,7-10,13H2,1-3H3,(H,33,37)(H2,29,31,32). The van der Waals surface area contributed by atoms with E-state index in [0.29, 0.717) is 0 Å². The molecule has 5 rings (SSSR count). The lowest BCUT2D eigenvalue weighted by molar-refractivity contribution is -0.150. The van der Waals surface area contributed by atoms with Gasteiger partial charge in [-0.15, -0.1) is 0 Å². The summed E-state index contributed by atoms with van der Waals surface area (Å²) in [6, 6.07) is 9.36. The zero-order chi connectivity index (χ0) is 30.8. The predicted octanol–water partition coefficient (Wildman–Crippen LogP) is 2.87. The molecule has 16 heteroatoms. The van der Waals surface area contributed by atoms with E-state index in [1.54, 1.807) is 30.3 Å². The molecule has 6 atom stereocenters. The molecule has 6 unspecified atom stereocenters. The highest BCUT2D eigenvalue weighted by Crippen LogP contribution is 2.49. The number of aromatic nitrogens is 4. The summed E-state index contributed by atoms with van der Waals surface area (Å²) >= 11 is 0. The fourth-order valence-electron chi connectivity index (χ4n) is 5.18. The van der Waals surface area contributed by atoms with Crippen LogP contribution in [-0.2, 0) is 23.4 Å². The van der Waals surface area contributed by atoms with E-state index < -0.39 is 50.2 Å². The lowest BCUT2D eigenvalue weighted by atomic mass is 9.84. The summed E-state index contributed by atoms with van der Waals surface area (Å²) in [6.07, 6.45) is 1.05. The van der Waals surface area contributed by atoms with Crippen molar-refractivity contribution in [3.05, 3.63) is 36.7 Å². The summed E-state index contributed by atoms with van der Waals surface area (Å²) in [7, 11) is -2.85. The third-order valence-corrected chi connectivity index (χ3v) is 9.19. The first-order valence-electron chi connectivity index (χ1n) is 13.8. The van der Waals surface area contributed by atoms with Gasteiger partial charge in [0.2, 0.25) is 11.8 Å². The first kappa shape index (κ1) is 30.7. The highest BCUT2D eigenvalue weighted by atomic mass is 31.2. The predicted molar refractivity (Wildman–Crippen MR) is 151 cm³/mol. The summed E-state index contributed by atoms with van der Waals surface area (Å²) in [4.78, 5) is 25.3. The van der Waals surface area contributed by atoms with E-state index in [9.17, 15) is 19.7 Å². The number of imidazole rings is 1. The maximum absolute atomic E-state index is 14.0. The van der Waals surface area contributed by atoms with Crippen LogP contribution >= 0.6 is 7.75 Å². The molecule has 0 amide bonds. The summed E-state index contributed by atoms with van der Waals surface area (Å²) in [5.74, 6) is -0.332. The largest absolute Gasteiger partial charge is 0.479 e. The fourth-order valence-corrected chi connectivity index (χ4v) is 6.69. The van der Waals surface area contributed by atoms with Crippen LogP contribution in [0.3, 0.4) is 0 Å². The van der Waals surface area contributed by atoms with Crippen LogP contribution in [-0.4, -0.2) is 68.7 Å². The number of rotatable bonds is 11. The molecule has 43 heavy (non-hydrogen) atoms. The molecule has 0 spiro atoms. The number of fused-ring (bicyclic) bond motifs is 1. The van der Waals surface area contributed by atoms with Crippen LogP contribution in [0.25, 0.3) is 11.2 Å². The van der Waals surface area contributed by atoms with Crippen molar-refractivity contribution < 1.29 is 37.7 Å². The van der Waals surface area contributed by atoms with Crippen LogP contribution in [0.4, 0.5) is 5.95 Å². The Morgan fingerprint density at radius 2 is 2.05 bits per heavy atom. The van der Waals surface area contributed by atoms with Gasteiger partial charge in [0.1, 0.15) is 35.5 Å². The Hall–Kier alpha value is -3.80. The SMILES string of the molecule is COc1nc(N)nc2c1ncn2C1OC(COP(=O)(NC(C)C(=O)OC2CCCC2)Oc2ccccc2)C(O)C1(C)C#N. The number of hydrogen-bond donors (Lipinski definition) is 3. The van der Waals surface area contributed by atoms with Gasteiger partial charge in [-0.3, -0.25) is 13.9 Å². The molecule has 0 bridgehead atoms. The Kier molecular flexibility index (Phi) is 8.86. The molecular weight excluding hydrogens is 581 g/mol. The molecule has 230 valence electrons. The summed E-state index contributed by atoms with van der Waals surface area (Å²) < 4.78 is 43.8. The zero-order valence-corrected chi connectivity index (χ0v) is 24.8. The number of esters is 1. The number of nitrogens with zero attached hydrogens (tertiary/aromatic N) is 5. The minimum absolute atomic E-state index is 0.0890. The number of carbonyl (C=O) groups excluding carboxylic acids is 1. The summed E-state index contributed by atoms with van der Waals surface area (Å²) in [5.41, 5.74) is 4.82. The lowest BCUT2D eigenvalue weighted by Crippen LogP contribution is -2.39. The molecule has 1 saturated heterocycles. The molecule has 0 radical (unpaired) electrons. The number of para-hydroxylation sites is 1. The fraction of sp³-hybridized carbons (Fsp3) is 0.519. The molecule has 2 aliphatic rings. The number of hydrogen-bond acceptors (Lipinski definition) is 13. The Morgan fingerprint density at radius 1 is 1.33 bits per heavy atom. The summed E-state index contributed by atoms with van der Waals surface area (Å²) in [5, 5.41) is 24.0. The third kappa shape index (κ3) is 6.29. The number of nitrogen functional groups attached to an aromatic ring is 1. The van der Waals surface area contributed by atoms with Crippen LogP contribution in [0, 0.1) is 16.7 Å². The minimum Gasteiger partial charge on any atom is -0.479 e. The first-order chi connectivity index (χ1) is 20.6. The Morgan fingerprint density at radius 3 is 2.72 bits per heavy atom. The van der Waals surface area contributed by atoms with Gasteiger partial charge in [-0.2, -0.15) is 20.3 Å². The maximum Gasteiger partial charge on any atom is 0.459 e. The van der Waals surface area contributed by atoms with Gasteiger partial charge in [-0.05, 0) is 51.7 Å². The number of nitrogens with two attached hydrogens (primary N) is 1. The zero-order valence-electron chi connectivity index (χ0n) is 24.0. The van der Waals surface area contributed by atoms with Crippen molar-refractivity contribution in [2.75, 3.05) is 19.5 Å². The number of benzene rings is 1. The number of aliphatic hydroxyl groups is 1. The van der Waals surface area contributed by atoms with E-state index >= 15 is 0 Å². The van der Waals surface area contributed by atoms with Gasteiger partial charge in [0.15, 0.2) is 17.4 Å². The molecule has 1 aliphatic carbocycles. The number of anilines is 1. The van der Waals surface area contributed by atoms with Gasteiger partial charge in [0, 0.05) is 0 Å². The quantitative estimate of drug-likeness (QED) is 0.210. The van der Waals surface area contributed by atoms with Crippen LogP contribution < -0.4 is 20.1 Å². The second kappa shape index (κ2) is 12.4. The van der Waals surface area contributed by atoms with Crippen LogP contribution in [0.5, 0.6) is 11.6 Å². The molecule has 2 aromatic heterocycles. The monoisotopic (exact) mass is 615 g/mol. The van der Waals surface area contributed by atoms with E-state index in [0.717, 1.165) is 25.7 Å². The molecular formula is C27H34N7O8P. The minimum atomic E-state index is -4.26. The van der Waals surface area contributed by atoms with Crippen LogP contribution in [0.1, 0.15) is 45.8 Å². The van der Waals surface area contributed by atoms with Crippen molar-refractivity contribution in [3.63, 3.8) is 0 Å². The Labute approximate surface area is 247 Å². The molecule has 2 fully saturated rings. The number of carbonyl (C=O) groups is 1. The van der Waals surface area contributed by atoms with Crippen LogP contribution in [0.2, 0.25) is 0 Å². The number of nitrogens with one attached hydrogen (secondary N) is 1. The smallest absolute Gasteiger partial charge is 0.459 e. The molecule has 1 saturated carbocycles. The highest BCUT2D eigenvalue weighted by molar-refractivity contribution is 7.52. The topological polar surface area (TPSA) is 206 Å². The average Bonchev–Trinajstić information content (AvgIpc) is 3.71. The molecule has 4 N–H and O–H groups in total. The average molecular weight is 616 g/mol. The van der Waals surface area contributed by atoms with Gasteiger partial charge in [0.25, 0.3) is 0 Å². The van der Waals surface area contributed by atoms with E-state index in [4.69, 9.17) is 29.0 Å². The summed E-state index contributed by atoms with van der Waals surface area (Å²) in [6.45, 7) is 2.54. The molecule has 3 heterocycles. The van der Waals surface area contributed by atoms with Crippen LogP contribution in [0.15, 0.2) is 36.7 Å². The van der Waals surface area contributed by atoms with E-state index in [1.807, 2.05) is 0 Å². The van der Waals surface area contributed by atoms with Crippen molar-refractivity contribution in [1.82, 2.24) is 24.6 Å². The number of ether oxygens (including phenoxy) is 3. The number of methoxy groups -OCH3 is 1. The van der Waals surface area contributed by atoms with Crippen molar-refractivity contribution in [1.29, 1.82) is 5.26 Å². The first-order valence-corrected chi connectivity index (χ1v) is 15.4. The third-order valence-electron chi connectivity index (χ3n) is 7.54. The van der Waals surface area contributed by atoms with Gasteiger partial charge in [0.05, 0.1) is 26.1 Å². The second-order valence-electron chi connectivity index (χ2n) is 10.7. The Balaban J connectivity index is 1.36. The van der Waals surface area contributed by atoms with E-state index in [2.05, 4.69) is 26.1 Å². The van der Waals surface area contributed by atoms with E-state index in [1.165, 1.54) is 31.9 Å². The van der Waals surface area contributed by atoms with Crippen molar-refractivity contribution in [3.8, 4) is 17.7 Å². The normalized spacial score (nSPS) is 26.1. The van der Waals surface area contributed by atoms with Gasteiger partial charge >= 0.3 is 13.7 Å². The van der Waals surface area contributed by atoms with Gasteiger partial charge in [-0.1, -0.05) is 18.2 Å². The molecule has 15 nitrogen and oxygen atoms in total. The van der Waals surface area contributed by atoms with Crippen molar-refractivity contribution in [2.45, 2.75) is 70.1 Å². The second-order valence-corrected chi connectivity index (χ2v) is 12.4. The van der Waals surface area contributed by atoms with E-state index in [-0.39, 0.29) is 34.8 Å². The molecule has 1 aliphatic heterocycles.